The maximum atomic E-state index is 13.3. The number of aliphatic hydroxyl groups is 1. The van der Waals surface area contributed by atoms with Crippen LogP contribution < -0.4 is 0 Å². The summed E-state index contributed by atoms with van der Waals surface area (Å²) in [6, 6.07) is 4.04. The van der Waals surface area contributed by atoms with Crippen LogP contribution in [-0.4, -0.2) is 25.9 Å². The maximum absolute atomic E-state index is 13.3. The lowest BCUT2D eigenvalue weighted by Gasteiger charge is -2.10. The van der Waals surface area contributed by atoms with Crippen molar-refractivity contribution in [1.82, 2.24) is 0 Å². The van der Waals surface area contributed by atoms with Crippen molar-refractivity contribution in [2.45, 2.75) is 24.3 Å². The highest BCUT2D eigenvalue weighted by atomic mass is 32.2. The molecule has 0 aliphatic heterocycles. The van der Waals surface area contributed by atoms with Crippen molar-refractivity contribution < 1.29 is 17.9 Å². The van der Waals surface area contributed by atoms with Gasteiger partial charge in [0.1, 0.15) is 10.7 Å². The summed E-state index contributed by atoms with van der Waals surface area (Å²) in [6.07, 6.45) is 0.379. The fourth-order valence-corrected chi connectivity index (χ4v) is 2.50. The van der Waals surface area contributed by atoms with E-state index >= 15 is 0 Å². The van der Waals surface area contributed by atoms with E-state index in [1.807, 2.05) is 0 Å². The van der Waals surface area contributed by atoms with E-state index in [1.54, 1.807) is 0 Å². The Bertz CT molecular complexity index is 452. The van der Waals surface area contributed by atoms with Crippen molar-refractivity contribution in [1.29, 1.82) is 0 Å². The van der Waals surface area contributed by atoms with Crippen LogP contribution >= 0.6 is 0 Å². The van der Waals surface area contributed by atoms with E-state index in [0.717, 1.165) is 12.3 Å². The lowest BCUT2D eigenvalue weighted by molar-refractivity contribution is 0.194. The van der Waals surface area contributed by atoms with Crippen LogP contribution in [0, 0.1) is 5.82 Å². The van der Waals surface area contributed by atoms with Crippen LogP contribution in [-0.2, 0) is 16.3 Å². The summed E-state index contributed by atoms with van der Waals surface area (Å²) < 4.78 is 36.0. The van der Waals surface area contributed by atoms with E-state index in [-0.39, 0.29) is 11.3 Å². The predicted octanol–water partition coefficient (Wildman–Crippen LogP) is 1.15. The van der Waals surface area contributed by atoms with Crippen molar-refractivity contribution in [3.8, 4) is 0 Å². The molecule has 0 spiro atoms. The molecule has 0 amide bonds. The Morgan fingerprint density at radius 2 is 2.07 bits per heavy atom. The predicted molar refractivity (Wildman–Crippen MR) is 54.9 cm³/mol. The average Bonchev–Trinajstić information content (AvgIpc) is 1.99. The summed E-state index contributed by atoms with van der Waals surface area (Å²) in [6.45, 7) is 1.52. The van der Waals surface area contributed by atoms with Gasteiger partial charge in [-0.3, -0.25) is 0 Å². The van der Waals surface area contributed by atoms with Crippen LogP contribution in [0.25, 0.3) is 0 Å². The molecule has 1 N–H and O–H groups in total. The third-order valence-corrected chi connectivity index (χ3v) is 3.13. The van der Waals surface area contributed by atoms with Crippen molar-refractivity contribution in [3.63, 3.8) is 0 Å². The lowest BCUT2D eigenvalue weighted by atomic mass is 10.1. The molecule has 0 aliphatic rings. The zero-order valence-electron chi connectivity index (χ0n) is 8.57. The minimum atomic E-state index is -3.60. The van der Waals surface area contributed by atoms with Gasteiger partial charge in [-0.25, -0.2) is 12.8 Å². The molecular formula is C10H13FO3S. The monoisotopic (exact) mass is 232 g/mol. The number of hydrogen-bond acceptors (Lipinski definition) is 3. The third-order valence-electron chi connectivity index (χ3n) is 1.93. The Hall–Kier alpha value is -0.940. The molecule has 15 heavy (non-hydrogen) atoms. The standard InChI is InChI=1S/C10H13FO3S/c1-7(12)6-8-4-3-5-9(11)10(8)15(2,13)14/h3-5,7,12H,6H2,1-2H3. The first-order chi connectivity index (χ1) is 6.82. The van der Waals surface area contributed by atoms with Crippen LogP contribution in [0.3, 0.4) is 0 Å². The first-order valence-electron chi connectivity index (χ1n) is 4.48. The second-order valence-corrected chi connectivity index (χ2v) is 5.51. The third kappa shape index (κ3) is 3.00. The highest BCUT2D eigenvalue weighted by Gasteiger charge is 2.19. The number of aliphatic hydroxyl groups excluding tert-OH is 1. The summed E-state index contributed by atoms with van der Waals surface area (Å²) in [5.74, 6) is -0.768. The van der Waals surface area contributed by atoms with E-state index in [1.165, 1.54) is 19.1 Å². The van der Waals surface area contributed by atoms with Gasteiger partial charge in [-0.2, -0.15) is 0 Å². The molecule has 84 valence electrons. The molecule has 0 aromatic heterocycles. The maximum Gasteiger partial charge on any atom is 0.178 e. The van der Waals surface area contributed by atoms with Crippen LogP contribution in [0.1, 0.15) is 12.5 Å². The van der Waals surface area contributed by atoms with Gasteiger partial charge in [-0.05, 0) is 25.0 Å². The van der Waals surface area contributed by atoms with Crippen molar-refractivity contribution in [3.05, 3.63) is 29.6 Å². The molecule has 5 heteroatoms. The van der Waals surface area contributed by atoms with Gasteiger partial charge in [-0.15, -0.1) is 0 Å². The molecule has 0 fully saturated rings. The molecule has 1 aromatic rings. The first kappa shape index (κ1) is 12.1. The number of sulfone groups is 1. The number of halogens is 1. The summed E-state index contributed by atoms with van der Waals surface area (Å²) in [4.78, 5) is -0.314. The van der Waals surface area contributed by atoms with Gasteiger partial charge in [0.2, 0.25) is 0 Å². The minimum absolute atomic E-state index is 0.125. The van der Waals surface area contributed by atoms with Crippen LogP contribution in [0.5, 0.6) is 0 Å². The average molecular weight is 232 g/mol. The van der Waals surface area contributed by atoms with Gasteiger partial charge < -0.3 is 5.11 Å². The first-order valence-corrected chi connectivity index (χ1v) is 6.37. The quantitative estimate of drug-likeness (QED) is 0.850. The molecule has 0 aliphatic carbocycles. The van der Waals surface area contributed by atoms with Crippen molar-refractivity contribution in [2.75, 3.05) is 6.26 Å². The van der Waals surface area contributed by atoms with E-state index in [4.69, 9.17) is 5.11 Å². The number of hydrogen-bond donors (Lipinski definition) is 1. The summed E-state index contributed by atoms with van der Waals surface area (Å²) in [7, 11) is -3.60. The van der Waals surface area contributed by atoms with E-state index in [9.17, 15) is 12.8 Å². The van der Waals surface area contributed by atoms with Gasteiger partial charge in [0.05, 0.1) is 6.10 Å². The second kappa shape index (κ2) is 4.28. The molecule has 1 atom stereocenters. The normalized spacial score (nSPS) is 13.9. The smallest absolute Gasteiger partial charge is 0.178 e. The lowest BCUT2D eigenvalue weighted by Crippen LogP contribution is -2.11. The largest absolute Gasteiger partial charge is 0.393 e. The second-order valence-electron chi connectivity index (χ2n) is 3.55. The Morgan fingerprint density at radius 3 is 2.53 bits per heavy atom. The minimum Gasteiger partial charge on any atom is -0.393 e. The Kier molecular flexibility index (Phi) is 3.46. The SMILES string of the molecule is CC(O)Cc1cccc(F)c1S(C)(=O)=O. The molecule has 0 heterocycles. The zero-order valence-corrected chi connectivity index (χ0v) is 9.38. The Morgan fingerprint density at radius 1 is 1.47 bits per heavy atom. The van der Waals surface area contributed by atoms with Crippen molar-refractivity contribution >= 4 is 9.84 Å². The molecule has 0 saturated carbocycles. The van der Waals surface area contributed by atoms with Crippen LogP contribution in [0.15, 0.2) is 23.1 Å². The molecule has 1 rings (SSSR count). The van der Waals surface area contributed by atoms with E-state index < -0.39 is 21.8 Å². The van der Waals surface area contributed by atoms with Gasteiger partial charge in [0, 0.05) is 6.26 Å². The Labute approximate surface area is 88.5 Å². The molecule has 0 radical (unpaired) electrons. The van der Waals surface area contributed by atoms with E-state index in [2.05, 4.69) is 0 Å². The molecule has 3 nitrogen and oxygen atoms in total. The van der Waals surface area contributed by atoms with Gasteiger partial charge in [0.15, 0.2) is 9.84 Å². The molecule has 1 unspecified atom stereocenters. The fourth-order valence-electron chi connectivity index (χ4n) is 1.45. The molecule has 0 bridgehead atoms. The highest BCUT2D eigenvalue weighted by molar-refractivity contribution is 7.90. The fraction of sp³-hybridized carbons (Fsp3) is 0.400. The zero-order chi connectivity index (χ0) is 11.6. The van der Waals surface area contributed by atoms with Crippen LogP contribution in [0.2, 0.25) is 0 Å². The van der Waals surface area contributed by atoms with Gasteiger partial charge in [-0.1, -0.05) is 12.1 Å². The number of benzene rings is 1. The van der Waals surface area contributed by atoms with Gasteiger partial charge in [0.25, 0.3) is 0 Å². The molecule has 0 saturated heterocycles. The van der Waals surface area contributed by atoms with Crippen molar-refractivity contribution in [2.24, 2.45) is 0 Å². The summed E-state index contributed by atoms with van der Waals surface area (Å²) in [5, 5.41) is 9.17. The topological polar surface area (TPSA) is 54.4 Å². The Balaban J connectivity index is 3.34. The molecule has 1 aromatic carbocycles. The highest BCUT2D eigenvalue weighted by Crippen LogP contribution is 2.20. The van der Waals surface area contributed by atoms with Crippen LogP contribution in [0.4, 0.5) is 4.39 Å². The summed E-state index contributed by atoms with van der Waals surface area (Å²) in [5.41, 5.74) is 0.313. The molecular weight excluding hydrogens is 219 g/mol. The summed E-state index contributed by atoms with van der Waals surface area (Å²) >= 11 is 0. The van der Waals surface area contributed by atoms with E-state index in [0.29, 0.717) is 5.56 Å². The number of rotatable bonds is 3. The van der Waals surface area contributed by atoms with Gasteiger partial charge >= 0.3 is 0 Å².